The van der Waals surface area contributed by atoms with Gasteiger partial charge in [0.05, 0.1) is 24.5 Å². The molecule has 1 heterocycles. The average Bonchev–Trinajstić information content (AvgIpc) is 2.65. The van der Waals surface area contributed by atoms with E-state index in [1.54, 1.807) is 13.2 Å². The lowest BCUT2D eigenvalue weighted by atomic mass is 10.2. The number of carbonyl (C=O) groups excluding carboxylic acids is 1. The van der Waals surface area contributed by atoms with E-state index in [9.17, 15) is 4.79 Å². The number of hydrogen-bond acceptors (Lipinski definition) is 4. The molecule has 16 heavy (non-hydrogen) atoms. The Hall–Kier alpha value is -0.850. The molecule has 1 aromatic heterocycles. The number of nitrogens with one attached hydrogen (secondary N) is 1. The van der Waals surface area contributed by atoms with Crippen molar-refractivity contribution in [3.8, 4) is 0 Å². The van der Waals surface area contributed by atoms with Crippen LogP contribution in [0.1, 0.15) is 16.8 Å². The molecule has 0 aliphatic heterocycles. The SMILES string of the molecule is COCC(CCO)NC(=O)c1ccoc1Br. The Morgan fingerprint density at radius 1 is 1.75 bits per heavy atom. The second kappa shape index (κ2) is 6.67. The smallest absolute Gasteiger partial charge is 0.256 e. The third-order valence-corrected chi connectivity index (χ3v) is 2.66. The Bertz CT molecular complexity index is 333. The van der Waals surface area contributed by atoms with E-state index in [-0.39, 0.29) is 18.6 Å². The molecular formula is C10H14BrNO4. The summed E-state index contributed by atoms with van der Waals surface area (Å²) in [7, 11) is 1.55. The number of amides is 1. The van der Waals surface area contributed by atoms with Gasteiger partial charge in [0.25, 0.3) is 5.91 Å². The number of ether oxygens (including phenoxy) is 1. The number of aliphatic hydroxyl groups is 1. The Balaban J connectivity index is 2.58. The van der Waals surface area contributed by atoms with Crippen LogP contribution in [0.4, 0.5) is 0 Å². The topological polar surface area (TPSA) is 71.7 Å². The first-order valence-corrected chi connectivity index (χ1v) is 5.62. The van der Waals surface area contributed by atoms with E-state index in [1.807, 2.05) is 0 Å². The number of furan rings is 1. The van der Waals surface area contributed by atoms with Crippen molar-refractivity contribution < 1.29 is 19.1 Å². The maximum absolute atomic E-state index is 11.7. The highest BCUT2D eigenvalue weighted by Gasteiger charge is 2.16. The van der Waals surface area contributed by atoms with E-state index >= 15 is 0 Å². The van der Waals surface area contributed by atoms with Gasteiger partial charge < -0.3 is 19.6 Å². The van der Waals surface area contributed by atoms with Gasteiger partial charge in [-0.3, -0.25) is 4.79 Å². The summed E-state index contributed by atoms with van der Waals surface area (Å²) in [6, 6.07) is 1.37. The summed E-state index contributed by atoms with van der Waals surface area (Å²) < 4.78 is 10.3. The maximum Gasteiger partial charge on any atom is 0.256 e. The Morgan fingerprint density at radius 2 is 2.50 bits per heavy atom. The van der Waals surface area contributed by atoms with Gasteiger partial charge in [0, 0.05) is 13.7 Å². The van der Waals surface area contributed by atoms with Gasteiger partial charge in [-0.1, -0.05) is 0 Å². The van der Waals surface area contributed by atoms with Gasteiger partial charge in [-0.25, -0.2) is 0 Å². The molecule has 0 aromatic carbocycles. The summed E-state index contributed by atoms with van der Waals surface area (Å²) in [5.74, 6) is -0.254. The number of aliphatic hydroxyl groups excluding tert-OH is 1. The van der Waals surface area contributed by atoms with Crippen molar-refractivity contribution in [1.82, 2.24) is 5.32 Å². The molecular weight excluding hydrogens is 278 g/mol. The fourth-order valence-corrected chi connectivity index (χ4v) is 1.69. The number of methoxy groups -OCH3 is 1. The summed E-state index contributed by atoms with van der Waals surface area (Å²) in [6.07, 6.45) is 1.88. The Labute approximate surface area is 102 Å². The van der Waals surface area contributed by atoms with Gasteiger partial charge >= 0.3 is 0 Å². The minimum absolute atomic E-state index is 0.000856. The molecule has 0 saturated carbocycles. The quantitative estimate of drug-likeness (QED) is 0.825. The fourth-order valence-electron chi connectivity index (χ4n) is 1.27. The van der Waals surface area contributed by atoms with Crippen LogP contribution in [-0.4, -0.2) is 37.4 Å². The zero-order valence-corrected chi connectivity index (χ0v) is 10.5. The van der Waals surface area contributed by atoms with Crippen molar-refractivity contribution in [2.24, 2.45) is 0 Å². The van der Waals surface area contributed by atoms with Crippen LogP contribution in [0.25, 0.3) is 0 Å². The zero-order valence-electron chi connectivity index (χ0n) is 8.90. The molecule has 2 N–H and O–H groups in total. The van der Waals surface area contributed by atoms with E-state index < -0.39 is 0 Å². The van der Waals surface area contributed by atoms with Crippen molar-refractivity contribution in [1.29, 1.82) is 0 Å². The second-order valence-corrected chi connectivity index (χ2v) is 3.97. The molecule has 1 unspecified atom stereocenters. The van der Waals surface area contributed by atoms with Gasteiger partial charge in [0.1, 0.15) is 0 Å². The molecule has 0 bridgehead atoms. The van der Waals surface area contributed by atoms with E-state index in [1.165, 1.54) is 6.26 Å². The standard InChI is InChI=1S/C10H14BrNO4/c1-15-6-7(2-4-13)12-10(14)8-3-5-16-9(8)11/h3,5,7,13H,2,4,6H2,1H3,(H,12,14). The average molecular weight is 292 g/mol. The van der Waals surface area contributed by atoms with Crippen LogP contribution in [0.3, 0.4) is 0 Å². The first kappa shape index (κ1) is 13.2. The van der Waals surface area contributed by atoms with Gasteiger partial charge in [0.2, 0.25) is 0 Å². The molecule has 0 saturated heterocycles. The van der Waals surface area contributed by atoms with Crippen molar-refractivity contribution in [2.75, 3.05) is 20.3 Å². The van der Waals surface area contributed by atoms with Crippen LogP contribution >= 0.6 is 15.9 Å². The monoisotopic (exact) mass is 291 g/mol. The molecule has 6 heteroatoms. The normalized spacial score (nSPS) is 12.4. The van der Waals surface area contributed by atoms with E-state index in [0.717, 1.165) is 0 Å². The number of hydrogen-bond donors (Lipinski definition) is 2. The van der Waals surface area contributed by atoms with Crippen molar-refractivity contribution in [2.45, 2.75) is 12.5 Å². The van der Waals surface area contributed by atoms with E-state index in [2.05, 4.69) is 21.2 Å². The minimum Gasteiger partial charge on any atom is -0.457 e. The van der Waals surface area contributed by atoms with Gasteiger partial charge in [0.15, 0.2) is 4.67 Å². The predicted octanol–water partition coefficient (Wildman–Crippen LogP) is 1.17. The Morgan fingerprint density at radius 3 is 3.00 bits per heavy atom. The van der Waals surface area contributed by atoms with Crippen LogP contribution in [0.15, 0.2) is 21.4 Å². The maximum atomic E-state index is 11.7. The lowest BCUT2D eigenvalue weighted by Gasteiger charge is -2.16. The first-order valence-electron chi connectivity index (χ1n) is 4.82. The zero-order chi connectivity index (χ0) is 12.0. The molecule has 1 rings (SSSR count). The number of rotatable bonds is 6. The molecule has 0 spiro atoms. The molecule has 5 nitrogen and oxygen atoms in total. The summed E-state index contributed by atoms with van der Waals surface area (Å²) >= 11 is 3.13. The van der Waals surface area contributed by atoms with Crippen molar-refractivity contribution >= 4 is 21.8 Å². The highest BCUT2D eigenvalue weighted by Crippen LogP contribution is 2.17. The third kappa shape index (κ3) is 3.62. The summed E-state index contributed by atoms with van der Waals surface area (Å²) in [6.45, 7) is 0.364. The molecule has 1 amide bonds. The lowest BCUT2D eigenvalue weighted by molar-refractivity contribution is 0.0877. The van der Waals surface area contributed by atoms with Crippen molar-refractivity contribution in [3.05, 3.63) is 22.6 Å². The minimum atomic E-state index is -0.254. The number of carbonyl (C=O) groups is 1. The summed E-state index contributed by atoms with van der Waals surface area (Å²) in [4.78, 5) is 11.7. The molecule has 0 fully saturated rings. The summed E-state index contributed by atoms with van der Waals surface area (Å²) in [5.41, 5.74) is 0.430. The van der Waals surface area contributed by atoms with Crippen molar-refractivity contribution in [3.63, 3.8) is 0 Å². The highest BCUT2D eigenvalue weighted by molar-refractivity contribution is 9.10. The van der Waals surface area contributed by atoms with Gasteiger partial charge in [-0.15, -0.1) is 0 Å². The summed E-state index contributed by atoms with van der Waals surface area (Å²) in [5, 5.41) is 11.6. The highest BCUT2D eigenvalue weighted by atomic mass is 79.9. The molecule has 1 atom stereocenters. The lowest BCUT2D eigenvalue weighted by Crippen LogP contribution is -2.38. The Kier molecular flexibility index (Phi) is 5.51. The molecule has 90 valence electrons. The fraction of sp³-hybridized carbons (Fsp3) is 0.500. The molecule has 0 aliphatic rings. The van der Waals surface area contributed by atoms with Crippen LogP contribution in [-0.2, 0) is 4.74 Å². The first-order chi connectivity index (χ1) is 7.69. The largest absolute Gasteiger partial charge is 0.457 e. The van der Waals surface area contributed by atoms with Crippen LogP contribution in [0.2, 0.25) is 0 Å². The third-order valence-electron chi connectivity index (χ3n) is 2.04. The molecule has 1 aromatic rings. The molecule has 0 radical (unpaired) electrons. The number of halogens is 1. The van der Waals surface area contributed by atoms with Crippen LogP contribution in [0, 0.1) is 0 Å². The van der Waals surface area contributed by atoms with E-state index in [4.69, 9.17) is 14.3 Å². The van der Waals surface area contributed by atoms with Gasteiger partial charge in [-0.2, -0.15) is 0 Å². The van der Waals surface area contributed by atoms with E-state index in [0.29, 0.717) is 23.3 Å². The van der Waals surface area contributed by atoms with Crippen LogP contribution in [0.5, 0.6) is 0 Å². The second-order valence-electron chi connectivity index (χ2n) is 3.25. The van der Waals surface area contributed by atoms with Crippen LogP contribution < -0.4 is 5.32 Å². The predicted molar refractivity (Wildman–Crippen MR) is 61.2 cm³/mol. The molecule has 0 aliphatic carbocycles. The van der Waals surface area contributed by atoms with Gasteiger partial charge in [-0.05, 0) is 28.4 Å².